The molecule has 8 nitrogen and oxygen atoms in total. The molecule has 2 heterocycles. The van der Waals surface area contributed by atoms with E-state index in [-0.39, 0.29) is 5.82 Å². The SMILES string of the molecule is Cc1cc(NC(=O)COC(=O)/C=C/c2cn(CCC#N)c3ccccc23)no1. The number of rotatable bonds is 7. The first-order valence-electron chi connectivity index (χ1n) is 8.59. The third-order valence-electron chi connectivity index (χ3n) is 3.92. The summed E-state index contributed by atoms with van der Waals surface area (Å²) in [6.45, 7) is 1.83. The molecule has 0 unspecified atom stereocenters. The van der Waals surface area contributed by atoms with Gasteiger partial charge >= 0.3 is 5.97 Å². The molecule has 1 N–H and O–H groups in total. The summed E-state index contributed by atoms with van der Waals surface area (Å²) in [7, 11) is 0. The summed E-state index contributed by atoms with van der Waals surface area (Å²) >= 11 is 0. The van der Waals surface area contributed by atoms with Crippen molar-refractivity contribution in [2.45, 2.75) is 19.9 Å². The van der Waals surface area contributed by atoms with Crippen LogP contribution in [0.1, 0.15) is 17.7 Å². The van der Waals surface area contributed by atoms with Crippen LogP contribution in [0.3, 0.4) is 0 Å². The van der Waals surface area contributed by atoms with Crippen molar-refractivity contribution in [2.24, 2.45) is 0 Å². The molecule has 3 aromatic rings. The summed E-state index contributed by atoms with van der Waals surface area (Å²) < 4.78 is 11.7. The van der Waals surface area contributed by atoms with Crippen molar-refractivity contribution in [3.05, 3.63) is 53.9 Å². The fraction of sp³-hybridized carbons (Fsp3) is 0.200. The number of nitriles is 1. The molecule has 28 heavy (non-hydrogen) atoms. The van der Waals surface area contributed by atoms with Crippen molar-refractivity contribution < 1.29 is 18.8 Å². The number of nitrogens with one attached hydrogen (secondary N) is 1. The minimum Gasteiger partial charge on any atom is -0.452 e. The number of carbonyl (C=O) groups excluding carboxylic acids is 2. The third kappa shape index (κ3) is 4.65. The summed E-state index contributed by atoms with van der Waals surface area (Å²) in [5, 5.41) is 15.9. The van der Waals surface area contributed by atoms with E-state index in [4.69, 9.17) is 14.5 Å². The highest BCUT2D eigenvalue weighted by Gasteiger charge is 2.09. The van der Waals surface area contributed by atoms with E-state index in [0.29, 0.717) is 18.7 Å². The van der Waals surface area contributed by atoms with Crippen LogP contribution in [0.5, 0.6) is 0 Å². The van der Waals surface area contributed by atoms with Crippen LogP contribution < -0.4 is 5.32 Å². The molecule has 0 saturated carbocycles. The Morgan fingerprint density at radius 2 is 2.21 bits per heavy atom. The molecule has 8 heteroatoms. The van der Waals surface area contributed by atoms with Crippen LogP contribution >= 0.6 is 0 Å². The zero-order valence-electron chi connectivity index (χ0n) is 15.2. The number of para-hydroxylation sites is 1. The highest BCUT2D eigenvalue weighted by Crippen LogP contribution is 2.22. The second-order valence-electron chi connectivity index (χ2n) is 6.02. The predicted molar refractivity (Wildman–Crippen MR) is 102 cm³/mol. The fourth-order valence-electron chi connectivity index (χ4n) is 2.71. The van der Waals surface area contributed by atoms with Crippen LogP contribution in [0.25, 0.3) is 17.0 Å². The zero-order chi connectivity index (χ0) is 19.9. The molecule has 0 spiro atoms. The highest BCUT2D eigenvalue weighted by atomic mass is 16.5. The van der Waals surface area contributed by atoms with Crippen molar-refractivity contribution in [2.75, 3.05) is 11.9 Å². The largest absolute Gasteiger partial charge is 0.452 e. The standard InChI is InChI=1S/C20H18N4O4/c1-14-11-18(23-28-14)22-19(25)13-27-20(26)8-7-15-12-24(10-4-9-21)17-6-3-2-5-16(15)17/h2-3,5-8,11-12H,4,10,13H2,1H3,(H,22,23,25)/b8-7+. The lowest BCUT2D eigenvalue weighted by Gasteiger charge is -2.01. The molecule has 0 radical (unpaired) electrons. The lowest BCUT2D eigenvalue weighted by molar-refractivity contribution is -0.142. The Bertz CT molecular complexity index is 1070. The molecule has 0 atom stereocenters. The van der Waals surface area contributed by atoms with E-state index >= 15 is 0 Å². The van der Waals surface area contributed by atoms with Crippen LogP contribution in [0, 0.1) is 18.3 Å². The average molecular weight is 378 g/mol. The molecule has 0 saturated heterocycles. The lowest BCUT2D eigenvalue weighted by Crippen LogP contribution is -2.20. The Morgan fingerprint density at radius 3 is 2.96 bits per heavy atom. The van der Waals surface area contributed by atoms with Crippen molar-refractivity contribution in [3.63, 3.8) is 0 Å². The number of carbonyl (C=O) groups is 2. The van der Waals surface area contributed by atoms with Crippen molar-refractivity contribution in [1.29, 1.82) is 5.26 Å². The molecule has 2 aromatic heterocycles. The Morgan fingerprint density at radius 1 is 1.39 bits per heavy atom. The van der Waals surface area contributed by atoms with Gasteiger partial charge in [-0.3, -0.25) is 4.79 Å². The summed E-state index contributed by atoms with van der Waals surface area (Å²) in [5.74, 6) is -0.327. The van der Waals surface area contributed by atoms with Gasteiger partial charge in [-0.15, -0.1) is 0 Å². The van der Waals surface area contributed by atoms with E-state index in [0.717, 1.165) is 16.5 Å². The van der Waals surface area contributed by atoms with E-state index in [1.165, 1.54) is 6.08 Å². The maximum Gasteiger partial charge on any atom is 0.331 e. The van der Waals surface area contributed by atoms with E-state index < -0.39 is 18.5 Å². The second kappa shape index (κ2) is 8.68. The normalized spacial score (nSPS) is 10.9. The van der Waals surface area contributed by atoms with Gasteiger partial charge in [0.1, 0.15) is 5.76 Å². The smallest absolute Gasteiger partial charge is 0.331 e. The zero-order valence-corrected chi connectivity index (χ0v) is 15.2. The molecule has 0 bridgehead atoms. The van der Waals surface area contributed by atoms with Gasteiger partial charge in [0.15, 0.2) is 12.4 Å². The Balaban J connectivity index is 1.61. The van der Waals surface area contributed by atoms with Gasteiger partial charge in [0, 0.05) is 41.4 Å². The van der Waals surface area contributed by atoms with Gasteiger partial charge in [-0.25, -0.2) is 4.79 Å². The van der Waals surface area contributed by atoms with Gasteiger partial charge in [-0.2, -0.15) is 5.26 Å². The topological polar surface area (TPSA) is 110 Å². The van der Waals surface area contributed by atoms with Crippen LogP contribution in [-0.2, 0) is 20.9 Å². The van der Waals surface area contributed by atoms with Gasteiger partial charge < -0.3 is 19.1 Å². The maximum atomic E-state index is 11.9. The van der Waals surface area contributed by atoms with Crippen LogP contribution in [0.4, 0.5) is 5.82 Å². The predicted octanol–water partition coefficient (Wildman–Crippen LogP) is 3.05. The second-order valence-corrected chi connectivity index (χ2v) is 6.02. The van der Waals surface area contributed by atoms with Gasteiger partial charge in [0.2, 0.25) is 0 Å². The first-order chi connectivity index (χ1) is 13.6. The number of fused-ring (bicyclic) bond motifs is 1. The highest BCUT2D eigenvalue weighted by molar-refractivity contribution is 5.96. The average Bonchev–Trinajstić information content (AvgIpc) is 3.26. The fourth-order valence-corrected chi connectivity index (χ4v) is 2.71. The van der Waals surface area contributed by atoms with Gasteiger partial charge in [0.05, 0.1) is 12.5 Å². The number of amides is 1. The number of esters is 1. The van der Waals surface area contributed by atoms with E-state index in [9.17, 15) is 9.59 Å². The van der Waals surface area contributed by atoms with E-state index in [2.05, 4.69) is 16.5 Å². The first-order valence-corrected chi connectivity index (χ1v) is 8.59. The molecule has 0 aliphatic carbocycles. The Hall–Kier alpha value is -3.86. The molecule has 0 fully saturated rings. The lowest BCUT2D eigenvalue weighted by atomic mass is 10.1. The number of ether oxygens (including phenoxy) is 1. The van der Waals surface area contributed by atoms with Crippen molar-refractivity contribution in [1.82, 2.24) is 9.72 Å². The van der Waals surface area contributed by atoms with Gasteiger partial charge in [-0.1, -0.05) is 23.4 Å². The van der Waals surface area contributed by atoms with Gasteiger partial charge in [-0.05, 0) is 19.1 Å². The van der Waals surface area contributed by atoms with Crippen molar-refractivity contribution >= 4 is 34.7 Å². The van der Waals surface area contributed by atoms with Gasteiger partial charge in [0.25, 0.3) is 5.91 Å². The van der Waals surface area contributed by atoms with Crippen LogP contribution in [0.2, 0.25) is 0 Å². The molecule has 142 valence electrons. The maximum absolute atomic E-state index is 11.9. The first kappa shape index (κ1) is 18.9. The molecular formula is C20H18N4O4. The third-order valence-corrected chi connectivity index (χ3v) is 3.92. The molecule has 3 rings (SSSR count). The number of nitrogens with zero attached hydrogens (tertiary/aromatic N) is 3. The number of aryl methyl sites for hydroxylation is 2. The Kier molecular flexibility index (Phi) is 5.87. The minimum absolute atomic E-state index is 0.263. The summed E-state index contributed by atoms with van der Waals surface area (Å²) in [4.78, 5) is 23.7. The van der Waals surface area contributed by atoms with E-state index in [1.54, 1.807) is 19.1 Å². The van der Waals surface area contributed by atoms with Crippen LogP contribution in [0.15, 0.2) is 47.1 Å². The number of benzene rings is 1. The monoisotopic (exact) mass is 378 g/mol. The number of hydrogen-bond donors (Lipinski definition) is 1. The summed E-state index contributed by atoms with van der Waals surface area (Å²) in [5.41, 5.74) is 1.81. The molecule has 1 aromatic carbocycles. The quantitative estimate of drug-likeness (QED) is 0.500. The molecule has 1 amide bonds. The molecule has 0 aliphatic rings. The summed E-state index contributed by atoms with van der Waals surface area (Å²) in [6, 6.07) is 11.4. The number of hydrogen-bond acceptors (Lipinski definition) is 6. The number of aromatic nitrogens is 2. The minimum atomic E-state index is -0.639. The molecule has 0 aliphatic heterocycles. The van der Waals surface area contributed by atoms with Crippen molar-refractivity contribution in [3.8, 4) is 6.07 Å². The Labute approximate surface area is 161 Å². The van der Waals surface area contributed by atoms with E-state index in [1.807, 2.05) is 35.0 Å². The number of anilines is 1. The summed E-state index contributed by atoms with van der Waals surface area (Å²) in [6.07, 6.45) is 5.17. The van der Waals surface area contributed by atoms with Crippen LogP contribution in [-0.4, -0.2) is 28.2 Å². The molecular weight excluding hydrogens is 360 g/mol.